The van der Waals surface area contributed by atoms with Crippen LogP contribution >= 0.6 is 23.2 Å². The van der Waals surface area contributed by atoms with E-state index in [9.17, 15) is 22.8 Å². The van der Waals surface area contributed by atoms with E-state index < -0.39 is 33.5 Å². The molecule has 3 heterocycles. The van der Waals surface area contributed by atoms with Crippen molar-refractivity contribution in [1.29, 1.82) is 0 Å². The van der Waals surface area contributed by atoms with Gasteiger partial charge in [0.25, 0.3) is 5.91 Å². The van der Waals surface area contributed by atoms with E-state index in [0.29, 0.717) is 18.4 Å². The van der Waals surface area contributed by atoms with E-state index in [-0.39, 0.29) is 52.8 Å². The van der Waals surface area contributed by atoms with E-state index in [0.717, 1.165) is 9.21 Å². The Hall–Kier alpha value is -2.73. The predicted octanol–water partition coefficient (Wildman–Crippen LogP) is 1.41. The van der Waals surface area contributed by atoms with Crippen LogP contribution < -0.4 is 5.73 Å². The van der Waals surface area contributed by atoms with E-state index in [1.54, 1.807) is 24.5 Å². The SMILES string of the molecule is NC(=O)C12CN(C3CC3)C(=O)C(Cc3cccnc3)N1C(=O)CCN2S(=O)(=O)c1ccc(Cl)cc1Cl. The highest BCUT2D eigenvalue weighted by molar-refractivity contribution is 7.89. The smallest absolute Gasteiger partial charge is 0.261 e. The fourth-order valence-corrected chi connectivity index (χ4v) is 7.54. The molecule has 2 aliphatic heterocycles. The van der Waals surface area contributed by atoms with Gasteiger partial charge in [-0.25, -0.2) is 8.42 Å². The van der Waals surface area contributed by atoms with E-state index in [4.69, 9.17) is 28.9 Å². The number of piperazine rings is 1. The number of pyridine rings is 1. The van der Waals surface area contributed by atoms with Crippen molar-refractivity contribution in [2.24, 2.45) is 5.73 Å². The maximum absolute atomic E-state index is 14.0. The highest BCUT2D eigenvalue weighted by Crippen LogP contribution is 2.43. The number of aromatic nitrogens is 1. The summed E-state index contributed by atoms with van der Waals surface area (Å²) in [6.07, 6.45) is 4.37. The minimum Gasteiger partial charge on any atom is -0.366 e. The summed E-state index contributed by atoms with van der Waals surface area (Å²) in [5, 5.41) is 0.0992. The highest BCUT2D eigenvalue weighted by atomic mass is 35.5. The molecule has 2 aromatic rings. The molecule has 3 fully saturated rings. The van der Waals surface area contributed by atoms with Crippen LogP contribution in [-0.4, -0.2) is 76.1 Å². The predicted molar refractivity (Wildman–Crippen MR) is 130 cm³/mol. The Balaban J connectivity index is 1.68. The molecule has 10 nitrogen and oxygen atoms in total. The summed E-state index contributed by atoms with van der Waals surface area (Å²) in [6, 6.07) is 6.05. The number of nitrogens with zero attached hydrogens (tertiary/aromatic N) is 4. The minimum absolute atomic E-state index is 0.0479. The van der Waals surface area contributed by atoms with Gasteiger partial charge >= 0.3 is 0 Å². The number of halogens is 2. The number of carbonyl (C=O) groups excluding carboxylic acids is 3. The van der Waals surface area contributed by atoms with Crippen LogP contribution in [0.1, 0.15) is 24.8 Å². The summed E-state index contributed by atoms with van der Waals surface area (Å²) < 4.78 is 28.9. The number of rotatable bonds is 6. The van der Waals surface area contributed by atoms with E-state index in [1.807, 2.05) is 0 Å². The van der Waals surface area contributed by atoms with Gasteiger partial charge < -0.3 is 15.5 Å². The number of sulfonamides is 1. The van der Waals surface area contributed by atoms with E-state index in [1.165, 1.54) is 23.1 Å². The number of carbonyl (C=O) groups is 3. The monoisotopic (exact) mass is 551 g/mol. The van der Waals surface area contributed by atoms with Gasteiger partial charge in [-0.1, -0.05) is 29.3 Å². The average Bonchev–Trinajstić information content (AvgIpc) is 3.66. The zero-order valence-corrected chi connectivity index (χ0v) is 21.3. The van der Waals surface area contributed by atoms with Gasteiger partial charge in [-0.2, -0.15) is 4.31 Å². The summed E-state index contributed by atoms with van der Waals surface area (Å²) in [4.78, 5) is 46.7. The van der Waals surface area contributed by atoms with Crippen molar-refractivity contribution in [3.63, 3.8) is 0 Å². The summed E-state index contributed by atoms with van der Waals surface area (Å²) in [5.74, 6) is -1.92. The molecule has 0 radical (unpaired) electrons. The van der Waals surface area contributed by atoms with Gasteiger partial charge in [-0.3, -0.25) is 19.4 Å². The third-order valence-corrected chi connectivity index (χ3v) is 9.51. The summed E-state index contributed by atoms with van der Waals surface area (Å²) in [6.45, 7) is -0.655. The number of fused-ring (bicyclic) bond motifs is 1. The standard InChI is InChI=1S/C23H23Cl2N5O5S/c24-15-3-6-19(17(25)11-15)36(34,35)29-9-7-20(31)30-18(10-14-2-1-8-27-12-14)21(32)28(16-4-5-16)13-23(29,30)22(26)33/h1-3,6,8,11-12,16,18H,4-5,7,9-10,13H2,(H2,26,33). The van der Waals surface area contributed by atoms with Crippen LogP contribution in [0, 0.1) is 0 Å². The molecule has 2 unspecified atom stereocenters. The molecule has 190 valence electrons. The molecule has 5 rings (SSSR count). The largest absolute Gasteiger partial charge is 0.366 e. The summed E-state index contributed by atoms with van der Waals surface area (Å²) >= 11 is 12.2. The third-order valence-electron chi connectivity index (χ3n) is 6.88. The van der Waals surface area contributed by atoms with Crippen LogP contribution in [0.5, 0.6) is 0 Å². The Kier molecular flexibility index (Phi) is 6.22. The molecule has 1 aromatic heterocycles. The van der Waals surface area contributed by atoms with Crippen molar-refractivity contribution < 1.29 is 22.8 Å². The van der Waals surface area contributed by atoms with Crippen molar-refractivity contribution in [1.82, 2.24) is 19.1 Å². The maximum atomic E-state index is 14.0. The van der Waals surface area contributed by atoms with Gasteiger partial charge in [0.15, 0.2) is 0 Å². The first kappa shape index (κ1) is 24.9. The molecular formula is C23H23Cl2N5O5S. The first-order chi connectivity index (χ1) is 17.1. The molecule has 1 saturated carbocycles. The van der Waals surface area contributed by atoms with Crippen molar-refractivity contribution >= 4 is 50.9 Å². The molecule has 0 bridgehead atoms. The fourth-order valence-electron chi connectivity index (χ4n) is 5.09. The zero-order valence-electron chi connectivity index (χ0n) is 19.0. The van der Waals surface area contributed by atoms with Gasteiger partial charge in [0, 0.05) is 42.8 Å². The number of primary amides is 1. The lowest BCUT2D eigenvalue weighted by Gasteiger charge is -2.57. The van der Waals surface area contributed by atoms with Gasteiger partial charge in [-0.05, 0) is 42.7 Å². The molecular weight excluding hydrogens is 529 g/mol. The Labute approximate surface area is 218 Å². The molecule has 3 amide bonds. The fraction of sp³-hybridized carbons (Fsp3) is 0.391. The third kappa shape index (κ3) is 3.94. The number of hydrogen-bond donors (Lipinski definition) is 1. The van der Waals surface area contributed by atoms with E-state index in [2.05, 4.69) is 4.98 Å². The molecule has 2 saturated heterocycles. The van der Waals surface area contributed by atoms with Crippen molar-refractivity contribution in [2.75, 3.05) is 13.1 Å². The number of hydrogen-bond acceptors (Lipinski definition) is 6. The van der Waals surface area contributed by atoms with Crippen LogP contribution in [0.25, 0.3) is 0 Å². The van der Waals surface area contributed by atoms with E-state index >= 15 is 0 Å². The second-order valence-corrected chi connectivity index (χ2v) is 11.8. The van der Waals surface area contributed by atoms with Crippen LogP contribution in [0.2, 0.25) is 10.0 Å². The van der Waals surface area contributed by atoms with Crippen molar-refractivity contribution in [3.8, 4) is 0 Å². The zero-order chi connectivity index (χ0) is 25.8. The lowest BCUT2D eigenvalue weighted by atomic mass is 9.91. The van der Waals surface area contributed by atoms with Crippen molar-refractivity contribution in [2.45, 2.75) is 48.3 Å². The molecule has 1 aromatic carbocycles. The quantitative estimate of drug-likeness (QED) is 0.576. The van der Waals surface area contributed by atoms with Gasteiger partial charge in [-0.15, -0.1) is 0 Å². The van der Waals surface area contributed by atoms with Gasteiger partial charge in [0.2, 0.25) is 27.5 Å². The van der Waals surface area contributed by atoms with Crippen LogP contribution in [-0.2, 0) is 30.8 Å². The normalized spacial score (nSPS) is 25.1. The molecule has 13 heteroatoms. The Morgan fingerprint density at radius 2 is 1.94 bits per heavy atom. The molecule has 36 heavy (non-hydrogen) atoms. The second kappa shape index (κ2) is 8.98. The minimum atomic E-state index is -4.45. The Morgan fingerprint density at radius 3 is 2.56 bits per heavy atom. The lowest BCUT2D eigenvalue weighted by molar-refractivity contribution is -0.185. The second-order valence-electron chi connectivity index (χ2n) is 9.13. The Morgan fingerprint density at radius 1 is 1.19 bits per heavy atom. The molecule has 0 spiro atoms. The first-order valence-electron chi connectivity index (χ1n) is 11.4. The number of benzene rings is 1. The Bertz CT molecular complexity index is 1350. The maximum Gasteiger partial charge on any atom is 0.261 e. The molecule has 3 aliphatic rings. The highest BCUT2D eigenvalue weighted by Gasteiger charge is 2.65. The molecule has 2 atom stereocenters. The number of nitrogens with two attached hydrogens (primary N) is 1. The van der Waals surface area contributed by atoms with Gasteiger partial charge in [0.1, 0.15) is 10.9 Å². The van der Waals surface area contributed by atoms with Gasteiger partial charge in [0.05, 0.1) is 11.6 Å². The summed E-state index contributed by atoms with van der Waals surface area (Å²) in [5.41, 5.74) is 4.47. The molecule has 2 N–H and O–H groups in total. The lowest BCUT2D eigenvalue weighted by Crippen LogP contribution is -2.82. The molecule has 1 aliphatic carbocycles. The summed E-state index contributed by atoms with van der Waals surface area (Å²) in [7, 11) is -4.45. The van der Waals surface area contributed by atoms with Crippen molar-refractivity contribution in [3.05, 3.63) is 58.3 Å². The average molecular weight is 552 g/mol. The topological polar surface area (TPSA) is 134 Å². The van der Waals surface area contributed by atoms with Crippen LogP contribution in [0.15, 0.2) is 47.6 Å². The van der Waals surface area contributed by atoms with Crippen LogP contribution in [0.3, 0.4) is 0 Å². The van der Waals surface area contributed by atoms with Crippen LogP contribution in [0.4, 0.5) is 0 Å². The first-order valence-corrected chi connectivity index (χ1v) is 13.6. The number of amides is 3.